The molecule has 0 aliphatic heterocycles. The molecule has 0 aliphatic rings. The molecule has 15 heavy (non-hydrogen) atoms. The quantitative estimate of drug-likeness (QED) is 0.666. The number of ether oxygens (including phenoxy) is 1. The summed E-state index contributed by atoms with van der Waals surface area (Å²) in [4.78, 5) is 11.6. The van der Waals surface area contributed by atoms with E-state index < -0.39 is 0 Å². The smallest absolute Gasteiger partial charge is 0.354 e. The van der Waals surface area contributed by atoms with Gasteiger partial charge in [0, 0.05) is 18.0 Å². The van der Waals surface area contributed by atoms with Gasteiger partial charge >= 0.3 is 5.97 Å². The second-order valence-electron chi connectivity index (χ2n) is 3.54. The van der Waals surface area contributed by atoms with Crippen LogP contribution in [0.3, 0.4) is 0 Å². The van der Waals surface area contributed by atoms with E-state index in [0.29, 0.717) is 5.69 Å². The Hall–Kier alpha value is -1.77. The van der Waals surface area contributed by atoms with Crippen LogP contribution < -0.4 is 0 Å². The van der Waals surface area contributed by atoms with Gasteiger partial charge in [0.1, 0.15) is 5.69 Å². The third kappa shape index (κ3) is 1.31. The zero-order valence-electron chi connectivity index (χ0n) is 9.07. The van der Waals surface area contributed by atoms with Crippen molar-refractivity contribution in [1.82, 2.24) is 4.57 Å². The summed E-state index contributed by atoms with van der Waals surface area (Å²) in [5.41, 5.74) is 2.65. The zero-order valence-corrected chi connectivity index (χ0v) is 9.07. The highest BCUT2D eigenvalue weighted by molar-refractivity contribution is 5.98. The fourth-order valence-corrected chi connectivity index (χ4v) is 1.97. The van der Waals surface area contributed by atoms with E-state index >= 15 is 0 Å². The second-order valence-corrected chi connectivity index (χ2v) is 3.54. The van der Waals surface area contributed by atoms with Crippen LogP contribution in [-0.2, 0) is 11.8 Å². The Bertz CT molecular complexity index is 487. The molecule has 1 aromatic heterocycles. The van der Waals surface area contributed by atoms with E-state index in [9.17, 15) is 4.79 Å². The van der Waals surface area contributed by atoms with Gasteiger partial charge in [0.2, 0.25) is 0 Å². The number of esters is 1. The van der Waals surface area contributed by atoms with Gasteiger partial charge in [0.05, 0.1) is 7.11 Å². The summed E-state index contributed by atoms with van der Waals surface area (Å²) in [5.74, 6) is -0.286. The van der Waals surface area contributed by atoms with Crippen molar-refractivity contribution in [3.63, 3.8) is 0 Å². The molecule has 2 rings (SSSR count). The highest BCUT2D eigenvalue weighted by Crippen LogP contribution is 2.24. The number of methoxy groups -OCH3 is 1. The van der Waals surface area contributed by atoms with Gasteiger partial charge in [-0.2, -0.15) is 0 Å². The van der Waals surface area contributed by atoms with Gasteiger partial charge < -0.3 is 9.30 Å². The van der Waals surface area contributed by atoms with E-state index in [0.717, 1.165) is 16.5 Å². The van der Waals surface area contributed by atoms with E-state index in [1.54, 1.807) is 0 Å². The van der Waals surface area contributed by atoms with Gasteiger partial charge in [-0.25, -0.2) is 4.79 Å². The second kappa shape index (κ2) is 3.42. The maximum absolute atomic E-state index is 11.6. The van der Waals surface area contributed by atoms with E-state index in [4.69, 9.17) is 4.74 Å². The van der Waals surface area contributed by atoms with Crippen molar-refractivity contribution in [2.45, 2.75) is 6.92 Å². The number of aryl methyl sites for hydroxylation is 2. The average Bonchev–Trinajstić information content (AvgIpc) is 2.52. The number of benzene rings is 1. The van der Waals surface area contributed by atoms with Crippen LogP contribution in [0.25, 0.3) is 10.9 Å². The largest absolute Gasteiger partial charge is 0.464 e. The lowest BCUT2D eigenvalue weighted by atomic mass is 10.1. The lowest BCUT2D eigenvalue weighted by Crippen LogP contribution is -2.08. The van der Waals surface area contributed by atoms with Crippen LogP contribution in [0.1, 0.15) is 16.1 Å². The Morgan fingerprint density at radius 3 is 2.60 bits per heavy atom. The molecule has 0 saturated heterocycles. The maximum Gasteiger partial charge on any atom is 0.354 e. The number of hydrogen-bond acceptors (Lipinski definition) is 2. The first-order valence-electron chi connectivity index (χ1n) is 4.79. The van der Waals surface area contributed by atoms with Crippen LogP contribution in [0, 0.1) is 6.92 Å². The lowest BCUT2D eigenvalue weighted by Gasteiger charge is -2.02. The van der Waals surface area contributed by atoms with Gasteiger partial charge in [-0.1, -0.05) is 18.2 Å². The van der Waals surface area contributed by atoms with Gasteiger partial charge in [-0.3, -0.25) is 0 Å². The van der Waals surface area contributed by atoms with Crippen LogP contribution in [0.2, 0.25) is 0 Å². The van der Waals surface area contributed by atoms with Gasteiger partial charge in [-0.15, -0.1) is 0 Å². The topological polar surface area (TPSA) is 31.2 Å². The number of fused-ring (bicyclic) bond motifs is 1. The van der Waals surface area contributed by atoms with Crippen molar-refractivity contribution < 1.29 is 9.53 Å². The molecular formula is C12H13NO2. The summed E-state index contributed by atoms with van der Waals surface area (Å²) in [7, 11) is 3.28. The molecule has 0 N–H and O–H groups in total. The van der Waals surface area contributed by atoms with Crippen LogP contribution in [0.4, 0.5) is 0 Å². The number of aromatic nitrogens is 1. The Labute approximate surface area is 88.3 Å². The minimum Gasteiger partial charge on any atom is -0.464 e. The number of carbonyl (C=O) groups excluding carboxylic acids is 1. The predicted octanol–water partition coefficient (Wildman–Crippen LogP) is 2.27. The molecule has 3 heteroatoms. The Morgan fingerprint density at radius 1 is 1.33 bits per heavy atom. The summed E-state index contributed by atoms with van der Waals surface area (Å²) >= 11 is 0. The van der Waals surface area contributed by atoms with Crippen molar-refractivity contribution >= 4 is 16.9 Å². The fourth-order valence-electron chi connectivity index (χ4n) is 1.97. The van der Waals surface area contributed by atoms with Crippen molar-refractivity contribution in [3.8, 4) is 0 Å². The molecule has 0 aliphatic carbocycles. The summed E-state index contributed by atoms with van der Waals surface area (Å²) in [6, 6.07) is 7.94. The highest BCUT2D eigenvalue weighted by atomic mass is 16.5. The maximum atomic E-state index is 11.6. The minimum atomic E-state index is -0.286. The minimum absolute atomic E-state index is 0.286. The van der Waals surface area contributed by atoms with Crippen LogP contribution in [-0.4, -0.2) is 17.6 Å². The summed E-state index contributed by atoms with van der Waals surface area (Å²) in [6.07, 6.45) is 0. The number of rotatable bonds is 1. The number of hydrogen-bond donors (Lipinski definition) is 0. The molecule has 0 unspecified atom stereocenters. The molecule has 2 aromatic rings. The van der Waals surface area contributed by atoms with Crippen LogP contribution in [0.15, 0.2) is 24.3 Å². The number of nitrogens with zero attached hydrogens (tertiary/aromatic N) is 1. The molecule has 1 aromatic carbocycles. The van der Waals surface area contributed by atoms with Gasteiger partial charge in [0.15, 0.2) is 0 Å². The molecular weight excluding hydrogens is 190 g/mol. The molecule has 0 radical (unpaired) electrons. The third-order valence-electron chi connectivity index (χ3n) is 2.74. The number of para-hydroxylation sites is 1. The lowest BCUT2D eigenvalue weighted by molar-refractivity contribution is 0.0589. The van der Waals surface area contributed by atoms with Crippen molar-refractivity contribution in [1.29, 1.82) is 0 Å². The van der Waals surface area contributed by atoms with Crippen LogP contribution >= 0.6 is 0 Å². The molecule has 0 spiro atoms. The first kappa shape index (κ1) is 9.77. The Morgan fingerprint density at radius 2 is 2.00 bits per heavy atom. The zero-order chi connectivity index (χ0) is 11.0. The standard InChI is InChI=1S/C12H13NO2/c1-8-9-6-4-5-7-10(9)13(2)11(8)12(14)15-3/h4-7H,1-3H3. The van der Waals surface area contributed by atoms with E-state index in [1.807, 2.05) is 42.8 Å². The van der Waals surface area contributed by atoms with E-state index in [2.05, 4.69) is 0 Å². The third-order valence-corrected chi connectivity index (χ3v) is 2.74. The highest BCUT2D eigenvalue weighted by Gasteiger charge is 2.17. The van der Waals surface area contributed by atoms with Crippen LogP contribution in [0.5, 0.6) is 0 Å². The molecule has 0 saturated carbocycles. The van der Waals surface area contributed by atoms with Crippen molar-refractivity contribution in [3.05, 3.63) is 35.5 Å². The van der Waals surface area contributed by atoms with E-state index in [1.165, 1.54) is 7.11 Å². The predicted molar refractivity (Wildman–Crippen MR) is 59.0 cm³/mol. The SMILES string of the molecule is COC(=O)c1c(C)c2ccccc2n1C. The number of carbonyl (C=O) groups is 1. The molecule has 0 bridgehead atoms. The fraction of sp³-hybridized carbons (Fsp3) is 0.250. The monoisotopic (exact) mass is 203 g/mol. The normalized spacial score (nSPS) is 10.6. The molecule has 0 amide bonds. The first-order chi connectivity index (χ1) is 7.16. The van der Waals surface area contributed by atoms with Gasteiger partial charge in [0.25, 0.3) is 0 Å². The van der Waals surface area contributed by atoms with Crippen molar-refractivity contribution in [2.75, 3.05) is 7.11 Å². The average molecular weight is 203 g/mol. The van der Waals surface area contributed by atoms with E-state index in [-0.39, 0.29) is 5.97 Å². The molecule has 1 heterocycles. The molecule has 0 fully saturated rings. The first-order valence-corrected chi connectivity index (χ1v) is 4.79. The molecule has 78 valence electrons. The van der Waals surface area contributed by atoms with Gasteiger partial charge in [-0.05, 0) is 18.6 Å². The van der Waals surface area contributed by atoms with Crippen molar-refractivity contribution in [2.24, 2.45) is 7.05 Å². The molecule has 3 nitrogen and oxygen atoms in total. The molecule has 0 atom stereocenters. The summed E-state index contributed by atoms with van der Waals surface area (Å²) in [5, 5.41) is 1.10. The summed E-state index contributed by atoms with van der Waals surface area (Å²) in [6.45, 7) is 1.94. The Kier molecular flexibility index (Phi) is 2.23. The summed E-state index contributed by atoms with van der Waals surface area (Å²) < 4.78 is 6.64. The Balaban J connectivity index is 2.81.